The molecule has 0 rings (SSSR count). The number of hydrogen-bond donors (Lipinski definition) is 1. The van der Waals surface area contributed by atoms with E-state index in [4.69, 9.17) is 5.11 Å². The number of carbonyl (C=O) groups is 1. The van der Waals surface area contributed by atoms with E-state index in [2.05, 4.69) is 19.1 Å². The van der Waals surface area contributed by atoms with Crippen LogP contribution < -0.4 is 0 Å². The minimum atomic E-state index is -0.659. The predicted molar refractivity (Wildman–Crippen MR) is 95.1 cm³/mol. The van der Waals surface area contributed by atoms with Gasteiger partial charge in [-0.1, -0.05) is 76.9 Å². The average Bonchev–Trinajstić information content (AvgIpc) is 2.43. The Hall–Kier alpha value is -0.0238. The Kier molecular flexibility index (Phi) is 22.1. The number of unbranched alkanes of at least 4 members (excludes halogenated alkanes) is 11. The first-order chi connectivity index (χ1) is 9.77. The minimum absolute atomic E-state index is 0. The third kappa shape index (κ3) is 22.4. The Morgan fingerprint density at radius 1 is 0.810 bits per heavy atom. The van der Waals surface area contributed by atoms with Crippen LogP contribution in [0.3, 0.4) is 0 Å². The molecule has 0 aliphatic rings. The molecule has 0 radical (unpaired) electrons. The first-order valence-corrected chi connectivity index (χ1v) is 8.64. The van der Waals surface area contributed by atoms with Gasteiger partial charge in [0.2, 0.25) is 0 Å². The van der Waals surface area contributed by atoms with Gasteiger partial charge in [0.1, 0.15) is 0 Å². The van der Waals surface area contributed by atoms with E-state index in [1.807, 2.05) is 0 Å². The summed E-state index contributed by atoms with van der Waals surface area (Å²) in [5.41, 5.74) is 0. The first kappa shape index (κ1) is 23.2. The van der Waals surface area contributed by atoms with Crippen LogP contribution in [0.15, 0.2) is 12.2 Å². The number of carboxylic acids is 1. The fraction of sp³-hybridized carbons (Fsp3) is 0.833. The van der Waals surface area contributed by atoms with Gasteiger partial charge in [0.15, 0.2) is 0 Å². The Morgan fingerprint density at radius 2 is 1.24 bits per heavy atom. The van der Waals surface area contributed by atoms with Crippen molar-refractivity contribution in [3.8, 4) is 0 Å². The van der Waals surface area contributed by atoms with Gasteiger partial charge in [-0.2, -0.15) is 0 Å². The van der Waals surface area contributed by atoms with Crippen molar-refractivity contribution in [2.24, 2.45) is 0 Å². The van der Waals surface area contributed by atoms with E-state index in [9.17, 15) is 4.79 Å². The van der Waals surface area contributed by atoms with E-state index >= 15 is 0 Å². The maximum atomic E-state index is 10.3. The summed E-state index contributed by atoms with van der Waals surface area (Å²) >= 11 is 0. The zero-order chi connectivity index (χ0) is 14.9. The molecule has 0 unspecified atom stereocenters. The largest absolute Gasteiger partial charge is 2.00 e. The topological polar surface area (TPSA) is 37.3 Å². The van der Waals surface area contributed by atoms with Crippen LogP contribution in [-0.4, -0.2) is 34.1 Å². The normalized spacial score (nSPS) is 10.7. The van der Waals surface area contributed by atoms with E-state index < -0.39 is 5.97 Å². The summed E-state index contributed by atoms with van der Waals surface area (Å²) in [5.74, 6) is -0.659. The maximum absolute atomic E-state index is 10.3. The Balaban J connectivity index is -0.000000602. The zero-order valence-corrected chi connectivity index (χ0v) is 15.5. The Bertz CT molecular complexity index is 249. The van der Waals surface area contributed by atoms with Gasteiger partial charge in [-0.3, -0.25) is 4.79 Å². The summed E-state index contributed by atoms with van der Waals surface area (Å²) in [6.45, 7) is 2.24. The summed E-state index contributed by atoms with van der Waals surface area (Å²) < 4.78 is 0. The summed E-state index contributed by atoms with van der Waals surface area (Å²) in [7, 11) is 0. The third-order valence-electron chi connectivity index (χ3n) is 3.65. The average molecular weight is 309 g/mol. The van der Waals surface area contributed by atoms with Crippen molar-refractivity contribution >= 4 is 29.0 Å². The van der Waals surface area contributed by atoms with E-state index in [1.165, 1.54) is 70.6 Å². The second-order valence-electron chi connectivity index (χ2n) is 5.73. The molecule has 0 atom stereocenters. The standard InChI is InChI=1S/C18H34O2.Mg.2H/c1-2-3-4-5-6-7-8-9-10-11-12-13-14-15-16-17-18(19)20;;;/h5-6H,2-4,7-17H2,1H3,(H,19,20);;;/q;+2;2*-1/b6-5-;;;. The van der Waals surface area contributed by atoms with Crippen LogP contribution >= 0.6 is 0 Å². The molecule has 0 amide bonds. The Labute approximate surface area is 150 Å². The quantitative estimate of drug-likeness (QED) is 0.230. The Morgan fingerprint density at radius 3 is 1.71 bits per heavy atom. The van der Waals surface area contributed by atoms with Crippen molar-refractivity contribution in [3.63, 3.8) is 0 Å². The molecule has 0 heterocycles. The molecule has 21 heavy (non-hydrogen) atoms. The maximum Gasteiger partial charge on any atom is 2.00 e. The van der Waals surface area contributed by atoms with Crippen LogP contribution in [0.1, 0.15) is 99.7 Å². The summed E-state index contributed by atoms with van der Waals surface area (Å²) in [6.07, 6.45) is 21.2. The summed E-state index contributed by atoms with van der Waals surface area (Å²) in [6, 6.07) is 0. The van der Waals surface area contributed by atoms with Gasteiger partial charge in [0, 0.05) is 6.42 Å². The summed E-state index contributed by atoms with van der Waals surface area (Å²) in [5, 5.41) is 8.51. The number of carboxylic acid groups (broad SMARTS) is 1. The van der Waals surface area contributed by atoms with Crippen molar-refractivity contribution in [2.75, 3.05) is 0 Å². The van der Waals surface area contributed by atoms with E-state index in [-0.39, 0.29) is 25.9 Å². The molecule has 0 bridgehead atoms. The fourth-order valence-electron chi connectivity index (χ4n) is 2.33. The smallest absolute Gasteiger partial charge is 1.00 e. The molecule has 0 saturated carbocycles. The van der Waals surface area contributed by atoms with Gasteiger partial charge >= 0.3 is 29.0 Å². The monoisotopic (exact) mass is 308 g/mol. The SMILES string of the molecule is CCCC/C=C\CCCCCCCCCCCC(=O)O.[H-].[H-].[Mg+2]. The number of allylic oxidation sites excluding steroid dienone is 2. The van der Waals surface area contributed by atoms with E-state index in [1.54, 1.807) is 0 Å². The van der Waals surface area contributed by atoms with E-state index in [0.29, 0.717) is 6.42 Å². The molecule has 2 nitrogen and oxygen atoms in total. The molecule has 122 valence electrons. The third-order valence-corrected chi connectivity index (χ3v) is 3.65. The van der Waals surface area contributed by atoms with Crippen LogP contribution in [0.25, 0.3) is 0 Å². The molecule has 0 aromatic carbocycles. The van der Waals surface area contributed by atoms with Gasteiger partial charge in [-0.05, 0) is 25.7 Å². The van der Waals surface area contributed by atoms with E-state index in [0.717, 1.165) is 12.8 Å². The molecule has 0 saturated heterocycles. The molecule has 0 aromatic rings. The van der Waals surface area contributed by atoms with Crippen LogP contribution in [0.2, 0.25) is 0 Å². The molecule has 1 N–H and O–H groups in total. The van der Waals surface area contributed by atoms with Crippen LogP contribution in [0.5, 0.6) is 0 Å². The van der Waals surface area contributed by atoms with Crippen LogP contribution in [-0.2, 0) is 4.79 Å². The molecule has 0 aliphatic carbocycles. The molecule has 0 aromatic heterocycles. The summed E-state index contributed by atoms with van der Waals surface area (Å²) in [4.78, 5) is 10.3. The molecule has 0 fully saturated rings. The van der Waals surface area contributed by atoms with Gasteiger partial charge in [0.25, 0.3) is 0 Å². The zero-order valence-electron chi connectivity index (χ0n) is 16.1. The van der Waals surface area contributed by atoms with Crippen molar-refractivity contribution in [1.82, 2.24) is 0 Å². The van der Waals surface area contributed by atoms with Gasteiger partial charge in [-0.25, -0.2) is 0 Å². The first-order valence-electron chi connectivity index (χ1n) is 8.64. The van der Waals surface area contributed by atoms with Crippen molar-refractivity contribution in [1.29, 1.82) is 0 Å². The van der Waals surface area contributed by atoms with Gasteiger partial charge in [-0.15, -0.1) is 0 Å². The molecule has 0 spiro atoms. The van der Waals surface area contributed by atoms with Gasteiger partial charge < -0.3 is 7.96 Å². The molecule has 0 aliphatic heterocycles. The minimum Gasteiger partial charge on any atom is -1.00 e. The van der Waals surface area contributed by atoms with Crippen molar-refractivity contribution in [3.05, 3.63) is 12.2 Å². The number of aliphatic carboxylic acids is 1. The fourth-order valence-corrected chi connectivity index (χ4v) is 2.33. The second-order valence-corrected chi connectivity index (χ2v) is 5.73. The van der Waals surface area contributed by atoms with Crippen LogP contribution in [0, 0.1) is 0 Å². The number of hydrogen-bond acceptors (Lipinski definition) is 1. The number of rotatable bonds is 15. The second kappa shape index (κ2) is 20.0. The van der Waals surface area contributed by atoms with Crippen molar-refractivity contribution < 1.29 is 12.8 Å². The molecular formula is C18H36MgO2. The van der Waals surface area contributed by atoms with Crippen LogP contribution in [0.4, 0.5) is 0 Å². The van der Waals surface area contributed by atoms with Gasteiger partial charge in [0.05, 0.1) is 0 Å². The molecular weight excluding hydrogens is 273 g/mol. The molecule has 3 heteroatoms. The van der Waals surface area contributed by atoms with Crippen molar-refractivity contribution in [2.45, 2.75) is 96.8 Å². The predicted octanol–water partition coefficient (Wildman–Crippen LogP) is 5.95.